The van der Waals surface area contributed by atoms with Crippen LogP contribution in [0.15, 0.2) is 0 Å². The number of ether oxygens (including phenoxy) is 5. The molecule has 13 nitrogen and oxygen atoms in total. The number of nitrogens with one attached hydrogen (secondary N) is 1. The van der Waals surface area contributed by atoms with Crippen molar-refractivity contribution >= 4 is 57.3 Å². The zero-order valence-corrected chi connectivity index (χ0v) is 44.0. The predicted octanol–water partition coefficient (Wildman–Crippen LogP) is 11.1. The molecule has 0 spiro atoms. The van der Waals surface area contributed by atoms with Gasteiger partial charge in [0.15, 0.2) is 6.10 Å². The van der Waals surface area contributed by atoms with Gasteiger partial charge in [-0.1, -0.05) is 146 Å². The molecule has 4 atom stereocenters. The molecule has 1 N–H and O–H groups in total. The highest BCUT2D eigenvalue weighted by Gasteiger charge is 2.40. The Balaban J connectivity index is 2.76. The Kier molecular flexibility index (Phi) is 36.7. The first-order valence-corrected chi connectivity index (χ1v) is 28.1. The fraction of sp³-hybridized carbons (Fsp3) is 0.882. The van der Waals surface area contributed by atoms with Crippen LogP contribution in [0.1, 0.15) is 208 Å². The van der Waals surface area contributed by atoms with Gasteiger partial charge in [-0.05, 0) is 71.4 Å². The van der Waals surface area contributed by atoms with Crippen LogP contribution in [-0.2, 0) is 52.5 Å². The summed E-state index contributed by atoms with van der Waals surface area (Å²) in [5.74, 6) is -1.50. The summed E-state index contributed by atoms with van der Waals surface area (Å²) in [4.78, 5) is 79.6. The summed E-state index contributed by atoms with van der Waals surface area (Å²) in [6, 6.07) is 0. The minimum Gasteiger partial charge on any atom is -0.465 e. The van der Waals surface area contributed by atoms with E-state index in [-0.39, 0.29) is 57.8 Å². The Hall–Kier alpha value is -2.52. The van der Waals surface area contributed by atoms with Crippen LogP contribution in [-0.4, -0.2) is 111 Å². The summed E-state index contributed by atoms with van der Waals surface area (Å²) in [5, 5.41) is 3.40. The Morgan fingerprint density at radius 1 is 0.606 bits per heavy atom. The highest BCUT2D eigenvalue weighted by molar-refractivity contribution is 8.77. The molecule has 0 radical (unpaired) electrons. The molecule has 1 saturated heterocycles. The first-order valence-electron chi connectivity index (χ1n) is 25.8. The number of carbonyl (C=O) groups excluding carboxylic acids is 6. The second-order valence-electron chi connectivity index (χ2n) is 19.1. The summed E-state index contributed by atoms with van der Waals surface area (Å²) in [6.07, 6.45) is 21.1. The Bertz CT molecular complexity index is 1330. The van der Waals surface area contributed by atoms with Gasteiger partial charge >= 0.3 is 29.8 Å². The van der Waals surface area contributed by atoms with Gasteiger partial charge in [-0.25, -0.2) is 0 Å². The van der Waals surface area contributed by atoms with Crippen LogP contribution in [0.2, 0.25) is 0 Å². The summed E-state index contributed by atoms with van der Waals surface area (Å²) in [7, 11) is 7.55. The number of amides is 1. The van der Waals surface area contributed by atoms with E-state index in [1.165, 1.54) is 63.5 Å². The molecule has 1 heterocycles. The second-order valence-corrected chi connectivity index (χ2v) is 21.9. The molecule has 0 aliphatic carbocycles. The minimum absolute atomic E-state index is 0.0251. The molecule has 0 bridgehead atoms. The number of rotatable bonds is 42. The predicted molar refractivity (Wildman–Crippen MR) is 267 cm³/mol. The van der Waals surface area contributed by atoms with Crippen molar-refractivity contribution in [3.05, 3.63) is 0 Å². The summed E-state index contributed by atoms with van der Waals surface area (Å²) < 4.78 is 28.3. The van der Waals surface area contributed by atoms with Crippen LogP contribution < -0.4 is 5.32 Å². The van der Waals surface area contributed by atoms with Crippen molar-refractivity contribution in [2.45, 2.75) is 225 Å². The zero-order valence-electron chi connectivity index (χ0n) is 42.4. The quantitative estimate of drug-likeness (QED) is 0.0266. The lowest BCUT2D eigenvalue weighted by molar-refractivity contribution is -0.169. The molecule has 1 amide bonds. The van der Waals surface area contributed by atoms with Crippen molar-refractivity contribution < 1.29 is 52.5 Å². The lowest BCUT2D eigenvalue weighted by atomic mass is 9.86. The van der Waals surface area contributed by atoms with E-state index in [9.17, 15) is 28.8 Å². The number of nitrogens with zero attached hydrogens (tertiary/aromatic N) is 1. The fourth-order valence-electron chi connectivity index (χ4n) is 7.60. The van der Waals surface area contributed by atoms with Gasteiger partial charge in [-0.3, -0.25) is 28.8 Å². The van der Waals surface area contributed by atoms with Crippen LogP contribution in [0.4, 0.5) is 0 Å². The molecule has 4 unspecified atom stereocenters. The number of hydrogen-bond donors (Lipinski definition) is 1. The van der Waals surface area contributed by atoms with Gasteiger partial charge in [0.1, 0.15) is 19.3 Å². The lowest BCUT2D eigenvalue weighted by Gasteiger charge is -2.32. The van der Waals surface area contributed by atoms with Gasteiger partial charge in [-0.2, -0.15) is 0 Å². The van der Waals surface area contributed by atoms with E-state index in [0.29, 0.717) is 37.2 Å². The molecule has 0 aromatic rings. The highest BCUT2D eigenvalue weighted by Crippen LogP contribution is 2.40. The van der Waals surface area contributed by atoms with E-state index in [0.717, 1.165) is 70.6 Å². The molecule has 1 rings (SSSR count). The van der Waals surface area contributed by atoms with E-state index in [2.05, 4.69) is 26.1 Å². The highest BCUT2D eigenvalue weighted by atomic mass is 33.1. The molecule has 0 saturated carbocycles. The first kappa shape index (κ1) is 61.5. The molecule has 1 aliphatic heterocycles. The number of hydrogen-bond acceptors (Lipinski definition) is 14. The van der Waals surface area contributed by atoms with E-state index in [1.54, 1.807) is 13.8 Å². The molecule has 66 heavy (non-hydrogen) atoms. The monoisotopic (exact) mass is 973 g/mol. The molecule has 0 aromatic heterocycles. The largest absolute Gasteiger partial charge is 0.465 e. The van der Waals surface area contributed by atoms with Crippen LogP contribution in [0.5, 0.6) is 0 Å². The molecule has 384 valence electrons. The Morgan fingerprint density at radius 2 is 1.15 bits per heavy atom. The maximum Gasteiger partial charge on any atom is 0.307 e. The maximum absolute atomic E-state index is 13.7. The van der Waals surface area contributed by atoms with Gasteiger partial charge < -0.3 is 33.9 Å². The third-order valence-corrected chi connectivity index (χ3v) is 14.9. The van der Waals surface area contributed by atoms with Gasteiger partial charge in [0, 0.05) is 48.8 Å². The zero-order chi connectivity index (χ0) is 48.8. The van der Waals surface area contributed by atoms with Gasteiger partial charge in [0.25, 0.3) is 5.91 Å². The Labute approximate surface area is 407 Å². The lowest BCUT2D eigenvalue weighted by Crippen LogP contribution is -2.49. The normalized spacial score (nSPS) is 15.2. The first-order chi connectivity index (χ1) is 31.7. The minimum atomic E-state index is -1.36. The van der Waals surface area contributed by atoms with Gasteiger partial charge in [0.2, 0.25) is 0 Å². The Morgan fingerprint density at radius 3 is 1.79 bits per heavy atom. The topological polar surface area (TPSA) is 164 Å². The molecular weight excluding hydrogens is 881 g/mol. The van der Waals surface area contributed by atoms with Crippen molar-refractivity contribution in [1.82, 2.24) is 10.2 Å². The number of carbonyl (C=O) groups is 6. The van der Waals surface area contributed by atoms with Crippen LogP contribution in [0.3, 0.4) is 0 Å². The number of unbranched alkanes of at least 4 members (excludes halogenated alkanes) is 12. The molecule has 0 aromatic carbocycles. The van der Waals surface area contributed by atoms with Crippen molar-refractivity contribution in [2.75, 3.05) is 52.8 Å². The molecule has 15 heteroatoms. The smallest absolute Gasteiger partial charge is 0.307 e. The average Bonchev–Trinajstić information content (AvgIpc) is 3.81. The maximum atomic E-state index is 13.7. The molecule has 1 fully saturated rings. The van der Waals surface area contributed by atoms with E-state index in [4.69, 9.17) is 23.7 Å². The van der Waals surface area contributed by atoms with E-state index in [1.807, 2.05) is 40.6 Å². The van der Waals surface area contributed by atoms with Crippen molar-refractivity contribution in [3.63, 3.8) is 0 Å². The van der Waals surface area contributed by atoms with Gasteiger partial charge in [0.05, 0.1) is 19.4 Å². The van der Waals surface area contributed by atoms with E-state index >= 15 is 0 Å². The molecular formula is C51H92N2O11S2. The van der Waals surface area contributed by atoms with Gasteiger partial charge in [-0.15, -0.1) is 0 Å². The third-order valence-electron chi connectivity index (χ3n) is 11.9. The number of esters is 5. The van der Waals surface area contributed by atoms with Crippen LogP contribution in [0.25, 0.3) is 0 Å². The van der Waals surface area contributed by atoms with E-state index < -0.39 is 47.4 Å². The van der Waals surface area contributed by atoms with Crippen molar-refractivity contribution in [1.29, 1.82) is 0 Å². The summed E-state index contributed by atoms with van der Waals surface area (Å²) in [6.45, 7) is 10.4. The van der Waals surface area contributed by atoms with Crippen molar-refractivity contribution in [2.24, 2.45) is 11.3 Å². The standard InChI is InChI=1S/C51H92N2O11S2/c1-8-11-14-17-18-20-26-41(25-19-15-12-9-2)38-60-45(55)32-35-52-50(59)49(51(4,5)40-62-46(56)33-36-53(6)7)64-48(58)31-24-30-44(54)61-39-42(27-21-16-13-10-3)63-47(57)29-23-22-28-43-34-37-65-66-43/h41-43,49H,8-40H2,1-7H3,(H,52,59). The summed E-state index contributed by atoms with van der Waals surface area (Å²) >= 11 is 0. The SMILES string of the molecule is CCCCCCCCC(CCCCCC)COC(=O)CCNC(=O)C(OC(=O)CCCC(=O)OCC(CCCCCC)OC(=O)CCCCC1CCSS1)C(C)(C)COC(=O)CCN(C)C. The molecule has 1 aliphatic rings. The fourth-order valence-corrected chi connectivity index (χ4v) is 10.6. The van der Waals surface area contributed by atoms with Crippen LogP contribution >= 0.6 is 21.6 Å². The third kappa shape index (κ3) is 33.1. The average molecular weight is 973 g/mol. The second kappa shape index (κ2) is 39.3. The summed E-state index contributed by atoms with van der Waals surface area (Å²) in [5.41, 5.74) is -1.13. The van der Waals surface area contributed by atoms with Crippen molar-refractivity contribution in [3.8, 4) is 0 Å². The van der Waals surface area contributed by atoms with Crippen LogP contribution in [0, 0.1) is 11.3 Å².